The molecule has 0 amide bonds. The molecule has 1 aromatic heterocycles. The molecule has 84 valence electrons. The van der Waals surface area contributed by atoms with E-state index in [1.165, 1.54) is 0 Å². The van der Waals surface area contributed by atoms with Gasteiger partial charge in [-0.15, -0.1) is 0 Å². The predicted molar refractivity (Wildman–Crippen MR) is 65.8 cm³/mol. The SMILES string of the molecule is Cc1nn(C)c(C)c1-c1cccc(Br)c1F. The van der Waals surface area contributed by atoms with E-state index in [0.29, 0.717) is 10.0 Å². The van der Waals surface area contributed by atoms with Crippen LogP contribution in [0.25, 0.3) is 11.1 Å². The fourth-order valence-electron chi connectivity index (χ4n) is 1.86. The normalized spacial score (nSPS) is 10.8. The number of hydrogen-bond acceptors (Lipinski definition) is 1. The van der Waals surface area contributed by atoms with Gasteiger partial charge in [-0.05, 0) is 35.8 Å². The van der Waals surface area contributed by atoms with Crippen LogP contribution < -0.4 is 0 Å². The summed E-state index contributed by atoms with van der Waals surface area (Å²) in [5.74, 6) is -0.235. The van der Waals surface area contributed by atoms with Crippen molar-refractivity contribution in [3.05, 3.63) is 39.9 Å². The zero-order valence-corrected chi connectivity index (χ0v) is 11.0. The van der Waals surface area contributed by atoms with Crippen LogP contribution in [0.5, 0.6) is 0 Å². The Morgan fingerprint density at radius 1 is 1.31 bits per heavy atom. The number of rotatable bonds is 1. The molecule has 2 aromatic rings. The molecule has 0 N–H and O–H groups in total. The van der Waals surface area contributed by atoms with E-state index in [-0.39, 0.29) is 5.82 Å². The molecule has 1 aromatic carbocycles. The third-order valence-electron chi connectivity index (χ3n) is 2.73. The Balaban J connectivity index is 2.72. The Labute approximate surface area is 102 Å². The van der Waals surface area contributed by atoms with E-state index in [1.807, 2.05) is 27.0 Å². The van der Waals surface area contributed by atoms with Crippen molar-refractivity contribution in [1.82, 2.24) is 9.78 Å². The van der Waals surface area contributed by atoms with E-state index >= 15 is 0 Å². The van der Waals surface area contributed by atoms with Crippen LogP contribution in [0.4, 0.5) is 4.39 Å². The molecule has 16 heavy (non-hydrogen) atoms. The van der Waals surface area contributed by atoms with Gasteiger partial charge in [-0.2, -0.15) is 5.10 Å². The fourth-order valence-corrected chi connectivity index (χ4v) is 2.23. The van der Waals surface area contributed by atoms with Crippen molar-refractivity contribution in [1.29, 1.82) is 0 Å². The Morgan fingerprint density at radius 2 is 2.00 bits per heavy atom. The number of hydrogen-bond donors (Lipinski definition) is 0. The van der Waals surface area contributed by atoms with Crippen LogP contribution in [0.1, 0.15) is 11.4 Å². The van der Waals surface area contributed by atoms with E-state index in [9.17, 15) is 4.39 Å². The zero-order chi connectivity index (χ0) is 11.9. The Hall–Kier alpha value is -1.16. The molecule has 1 heterocycles. The average molecular weight is 283 g/mol. The van der Waals surface area contributed by atoms with Crippen molar-refractivity contribution in [3.63, 3.8) is 0 Å². The first-order chi connectivity index (χ1) is 7.52. The van der Waals surface area contributed by atoms with Crippen molar-refractivity contribution in [2.75, 3.05) is 0 Å². The number of aromatic nitrogens is 2. The van der Waals surface area contributed by atoms with Crippen LogP contribution >= 0.6 is 15.9 Å². The van der Waals surface area contributed by atoms with Gasteiger partial charge in [0.1, 0.15) is 5.82 Å². The van der Waals surface area contributed by atoms with Crippen molar-refractivity contribution in [3.8, 4) is 11.1 Å². The lowest BCUT2D eigenvalue weighted by Crippen LogP contribution is -1.93. The molecule has 0 saturated carbocycles. The van der Waals surface area contributed by atoms with Crippen LogP contribution in [-0.2, 0) is 7.05 Å². The molecule has 0 radical (unpaired) electrons. The minimum atomic E-state index is -0.235. The molecular weight excluding hydrogens is 271 g/mol. The van der Waals surface area contributed by atoms with E-state index < -0.39 is 0 Å². The first-order valence-corrected chi connectivity index (χ1v) is 5.76. The molecule has 0 atom stereocenters. The second kappa shape index (κ2) is 4.01. The molecule has 0 spiro atoms. The highest BCUT2D eigenvalue weighted by Crippen LogP contribution is 2.31. The second-order valence-corrected chi connectivity index (χ2v) is 4.63. The lowest BCUT2D eigenvalue weighted by Gasteiger charge is -2.05. The van der Waals surface area contributed by atoms with E-state index in [1.54, 1.807) is 16.8 Å². The third kappa shape index (κ3) is 1.67. The van der Waals surface area contributed by atoms with Crippen LogP contribution in [-0.4, -0.2) is 9.78 Å². The molecule has 0 fully saturated rings. The summed E-state index contributed by atoms with van der Waals surface area (Å²) >= 11 is 3.20. The fraction of sp³-hybridized carbons (Fsp3) is 0.250. The lowest BCUT2D eigenvalue weighted by molar-refractivity contribution is 0.624. The number of halogens is 2. The summed E-state index contributed by atoms with van der Waals surface area (Å²) in [6.07, 6.45) is 0. The Morgan fingerprint density at radius 3 is 2.56 bits per heavy atom. The van der Waals surface area contributed by atoms with Crippen LogP contribution in [0, 0.1) is 19.7 Å². The monoisotopic (exact) mass is 282 g/mol. The summed E-state index contributed by atoms with van der Waals surface area (Å²) in [4.78, 5) is 0. The summed E-state index contributed by atoms with van der Waals surface area (Å²) in [5, 5.41) is 4.29. The molecule has 2 nitrogen and oxygen atoms in total. The van der Waals surface area contributed by atoms with Gasteiger partial charge in [0.15, 0.2) is 0 Å². The van der Waals surface area contributed by atoms with Crippen LogP contribution in [0.3, 0.4) is 0 Å². The topological polar surface area (TPSA) is 17.8 Å². The van der Waals surface area contributed by atoms with Crippen molar-refractivity contribution in [2.24, 2.45) is 7.05 Å². The smallest absolute Gasteiger partial charge is 0.145 e. The Kier molecular flexibility index (Phi) is 2.84. The minimum Gasteiger partial charge on any atom is -0.272 e. The molecule has 2 rings (SSSR count). The van der Waals surface area contributed by atoms with Gasteiger partial charge in [0, 0.05) is 23.9 Å². The van der Waals surface area contributed by atoms with Gasteiger partial charge < -0.3 is 0 Å². The molecule has 0 aliphatic carbocycles. The average Bonchev–Trinajstić information content (AvgIpc) is 2.47. The number of benzene rings is 1. The van der Waals surface area contributed by atoms with Gasteiger partial charge in [-0.3, -0.25) is 4.68 Å². The summed E-state index contributed by atoms with van der Waals surface area (Å²) in [6, 6.07) is 5.30. The molecular formula is C12H12BrFN2. The first-order valence-electron chi connectivity index (χ1n) is 4.97. The van der Waals surface area contributed by atoms with Crippen molar-refractivity contribution >= 4 is 15.9 Å². The molecule has 4 heteroatoms. The summed E-state index contributed by atoms with van der Waals surface area (Å²) in [7, 11) is 1.86. The Bertz CT molecular complexity index is 546. The maximum atomic E-state index is 14.0. The molecule has 0 bridgehead atoms. The molecule has 0 unspecified atom stereocenters. The standard InChI is InChI=1S/C12H12BrFN2/c1-7-11(8(2)16(3)15-7)9-5-4-6-10(13)12(9)14/h4-6H,1-3H3. The van der Waals surface area contributed by atoms with Gasteiger partial charge in [0.25, 0.3) is 0 Å². The largest absolute Gasteiger partial charge is 0.272 e. The van der Waals surface area contributed by atoms with Gasteiger partial charge in [-0.1, -0.05) is 12.1 Å². The maximum absolute atomic E-state index is 14.0. The third-order valence-corrected chi connectivity index (χ3v) is 3.34. The highest BCUT2D eigenvalue weighted by atomic mass is 79.9. The number of nitrogens with zero attached hydrogens (tertiary/aromatic N) is 2. The summed E-state index contributed by atoms with van der Waals surface area (Å²) in [6.45, 7) is 3.83. The lowest BCUT2D eigenvalue weighted by atomic mass is 10.0. The van der Waals surface area contributed by atoms with E-state index in [0.717, 1.165) is 17.0 Å². The van der Waals surface area contributed by atoms with Crippen molar-refractivity contribution in [2.45, 2.75) is 13.8 Å². The maximum Gasteiger partial charge on any atom is 0.145 e. The highest BCUT2D eigenvalue weighted by Gasteiger charge is 2.16. The minimum absolute atomic E-state index is 0.235. The van der Waals surface area contributed by atoms with E-state index in [4.69, 9.17) is 0 Å². The second-order valence-electron chi connectivity index (χ2n) is 3.77. The van der Waals surface area contributed by atoms with Crippen LogP contribution in [0.2, 0.25) is 0 Å². The predicted octanol–water partition coefficient (Wildman–Crippen LogP) is 3.61. The van der Waals surface area contributed by atoms with Gasteiger partial charge in [0.05, 0.1) is 10.2 Å². The number of aryl methyl sites for hydroxylation is 2. The summed E-state index contributed by atoms with van der Waals surface area (Å²) < 4.78 is 16.2. The van der Waals surface area contributed by atoms with Crippen molar-refractivity contribution < 1.29 is 4.39 Å². The van der Waals surface area contributed by atoms with Gasteiger partial charge in [0.2, 0.25) is 0 Å². The first kappa shape index (κ1) is 11.3. The van der Waals surface area contributed by atoms with Gasteiger partial charge in [-0.25, -0.2) is 4.39 Å². The zero-order valence-electron chi connectivity index (χ0n) is 9.38. The molecule has 0 aliphatic rings. The quantitative estimate of drug-likeness (QED) is 0.781. The van der Waals surface area contributed by atoms with Crippen LogP contribution in [0.15, 0.2) is 22.7 Å². The van der Waals surface area contributed by atoms with E-state index in [2.05, 4.69) is 21.0 Å². The molecule has 0 saturated heterocycles. The highest BCUT2D eigenvalue weighted by molar-refractivity contribution is 9.10. The summed E-state index contributed by atoms with van der Waals surface area (Å²) in [5.41, 5.74) is 3.28. The van der Waals surface area contributed by atoms with Gasteiger partial charge >= 0.3 is 0 Å². The molecule has 0 aliphatic heterocycles.